The Morgan fingerprint density at radius 2 is 1.26 bits per heavy atom. The van der Waals surface area contributed by atoms with Crippen LogP contribution in [0.1, 0.15) is 64.2 Å². The van der Waals surface area contributed by atoms with Crippen LogP contribution in [0.3, 0.4) is 0 Å². The van der Waals surface area contributed by atoms with Gasteiger partial charge in [-0.05, 0) is 12.8 Å². The summed E-state index contributed by atoms with van der Waals surface area (Å²) in [4.78, 5) is 21.4. The van der Waals surface area contributed by atoms with Gasteiger partial charge in [0.2, 0.25) is 0 Å². The van der Waals surface area contributed by atoms with Gasteiger partial charge in [-0.3, -0.25) is 9.59 Å². The third-order valence-corrected chi connectivity index (χ3v) is 2.88. The lowest BCUT2D eigenvalue weighted by molar-refractivity contribution is -0.144. The summed E-state index contributed by atoms with van der Waals surface area (Å²) in [6.45, 7) is -0.0250. The largest absolute Gasteiger partial charge is 0.481 e. The molecule has 19 heavy (non-hydrogen) atoms. The summed E-state index contributed by atoms with van der Waals surface area (Å²) in [5, 5.41) is 16.9. The maximum atomic E-state index is 11.1. The van der Waals surface area contributed by atoms with E-state index in [2.05, 4.69) is 0 Å². The number of aliphatic hydroxyl groups excluding tert-OH is 1. The lowest BCUT2D eigenvalue weighted by atomic mass is 10.1. The van der Waals surface area contributed by atoms with Crippen LogP contribution < -0.4 is 0 Å². The van der Waals surface area contributed by atoms with Crippen LogP contribution in [0.2, 0.25) is 0 Å². The Labute approximate surface area is 115 Å². The molecule has 0 radical (unpaired) electrons. The SMILES string of the molecule is O=C(O)CCCCCCCCCCC(=O)OCCO. The number of carbonyl (C=O) groups excluding carboxylic acids is 1. The van der Waals surface area contributed by atoms with E-state index in [9.17, 15) is 9.59 Å². The predicted molar refractivity (Wildman–Crippen MR) is 71.9 cm³/mol. The van der Waals surface area contributed by atoms with Gasteiger partial charge < -0.3 is 14.9 Å². The molecule has 0 unspecified atom stereocenters. The Bertz CT molecular complexity index is 240. The summed E-state index contributed by atoms with van der Waals surface area (Å²) < 4.78 is 4.75. The summed E-state index contributed by atoms with van der Waals surface area (Å²) in [5.74, 6) is -0.948. The van der Waals surface area contributed by atoms with Crippen molar-refractivity contribution >= 4 is 11.9 Å². The van der Waals surface area contributed by atoms with Crippen molar-refractivity contribution in [2.75, 3.05) is 13.2 Å². The highest BCUT2D eigenvalue weighted by molar-refractivity contribution is 5.69. The fourth-order valence-electron chi connectivity index (χ4n) is 1.84. The van der Waals surface area contributed by atoms with Crippen molar-refractivity contribution in [2.45, 2.75) is 64.2 Å². The molecule has 0 aliphatic carbocycles. The minimum atomic E-state index is -0.715. The Morgan fingerprint density at radius 3 is 1.74 bits per heavy atom. The monoisotopic (exact) mass is 274 g/mol. The molecule has 0 saturated carbocycles. The minimum Gasteiger partial charge on any atom is -0.481 e. The van der Waals surface area contributed by atoms with Crippen LogP contribution in [-0.2, 0) is 14.3 Å². The Morgan fingerprint density at radius 1 is 0.789 bits per heavy atom. The van der Waals surface area contributed by atoms with Crippen molar-refractivity contribution in [3.8, 4) is 0 Å². The fraction of sp³-hybridized carbons (Fsp3) is 0.857. The molecule has 0 atom stereocenters. The van der Waals surface area contributed by atoms with E-state index in [-0.39, 0.29) is 25.6 Å². The van der Waals surface area contributed by atoms with E-state index in [1.807, 2.05) is 0 Å². The van der Waals surface area contributed by atoms with Crippen LogP contribution >= 0.6 is 0 Å². The quantitative estimate of drug-likeness (QED) is 0.398. The van der Waals surface area contributed by atoms with E-state index in [1.54, 1.807) is 0 Å². The van der Waals surface area contributed by atoms with E-state index in [0.29, 0.717) is 6.42 Å². The first kappa shape index (κ1) is 17.9. The van der Waals surface area contributed by atoms with Gasteiger partial charge >= 0.3 is 11.9 Å². The van der Waals surface area contributed by atoms with Crippen molar-refractivity contribution in [2.24, 2.45) is 0 Å². The maximum absolute atomic E-state index is 11.1. The predicted octanol–water partition coefficient (Wildman–Crippen LogP) is 2.51. The molecule has 0 aliphatic heterocycles. The van der Waals surface area contributed by atoms with Gasteiger partial charge in [0.1, 0.15) is 6.61 Å². The number of unbranched alkanes of at least 4 members (excludes halogenated alkanes) is 7. The van der Waals surface area contributed by atoms with Crippen LogP contribution in [0, 0.1) is 0 Å². The first-order chi connectivity index (χ1) is 9.16. The molecule has 2 N–H and O–H groups in total. The Hall–Kier alpha value is -1.10. The maximum Gasteiger partial charge on any atom is 0.305 e. The molecule has 0 rings (SSSR count). The third kappa shape index (κ3) is 14.8. The first-order valence-electron chi connectivity index (χ1n) is 7.15. The summed E-state index contributed by atoms with van der Waals surface area (Å²) in [6, 6.07) is 0. The topological polar surface area (TPSA) is 83.8 Å². The number of carbonyl (C=O) groups is 2. The number of esters is 1. The van der Waals surface area contributed by atoms with E-state index >= 15 is 0 Å². The molecule has 0 amide bonds. The number of carboxylic acid groups (broad SMARTS) is 1. The Balaban J connectivity index is 3.10. The summed E-state index contributed by atoms with van der Waals surface area (Å²) in [5.41, 5.74) is 0. The zero-order valence-corrected chi connectivity index (χ0v) is 11.6. The zero-order chi connectivity index (χ0) is 14.3. The van der Waals surface area contributed by atoms with Gasteiger partial charge in [0, 0.05) is 12.8 Å². The molecule has 5 heteroatoms. The lowest BCUT2D eigenvalue weighted by Gasteiger charge is -2.03. The molecule has 0 fully saturated rings. The molecule has 0 aromatic heterocycles. The van der Waals surface area contributed by atoms with Crippen molar-refractivity contribution in [1.82, 2.24) is 0 Å². The second-order valence-electron chi connectivity index (χ2n) is 4.67. The van der Waals surface area contributed by atoms with Crippen molar-refractivity contribution in [3.63, 3.8) is 0 Å². The van der Waals surface area contributed by atoms with Gasteiger partial charge in [-0.15, -0.1) is 0 Å². The third-order valence-electron chi connectivity index (χ3n) is 2.88. The number of carboxylic acids is 1. The van der Waals surface area contributed by atoms with Crippen molar-refractivity contribution in [1.29, 1.82) is 0 Å². The zero-order valence-electron chi connectivity index (χ0n) is 11.6. The Kier molecular flexibility index (Phi) is 12.6. The van der Waals surface area contributed by atoms with Gasteiger partial charge in [-0.2, -0.15) is 0 Å². The molecular formula is C14H26O5. The number of hydrogen-bond donors (Lipinski definition) is 2. The van der Waals surface area contributed by atoms with Crippen LogP contribution in [0.4, 0.5) is 0 Å². The molecular weight excluding hydrogens is 248 g/mol. The number of aliphatic carboxylic acids is 1. The average molecular weight is 274 g/mol. The van der Waals surface area contributed by atoms with Gasteiger partial charge in [-0.25, -0.2) is 0 Å². The van der Waals surface area contributed by atoms with Crippen molar-refractivity contribution in [3.05, 3.63) is 0 Å². The molecule has 0 aliphatic rings. The van der Waals surface area contributed by atoms with Gasteiger partial charge in [-0.1, -0.05) is 38.5 Å². The summed E-state index contributed by atoms with van der Waals surface area (Å²) in [7, 11) is 0. The second-order valence-corrected chi connectivity index (χ2v) is 4.67. The summed E-state index contributed by atoms with van der Waals surface area (Å²) in [6.07, 6.45) is 8.78. The molecule has 0 spiro atoms. The van der Waals surface area contributed by atoms with Gasteiger partial charge in [0.05, 0.1) is 6.61 Å². The molecule has 112 valence electrons. The average Bonchev–Trinajstić information content (AvgIpc) is 2.38. The number of rotatable bonds is 13. The van der Waals surface area contributed by atoms with Crippen molar-refractivity contribution < 1.29 is 24.5 Å². The normalized spacial score (nSPS) is 10.4. The van der Waals surface area contributed by atoms with E-state index in [4.69, 9.17) is 14.9 Å². The molecule has 5 nitrogen and oxygen atoms in total. The van der Waals surface area contributed by atoms with Crippen LogP contribution in [-0.4, -0.2) is 35.4 Å². The number of ether oxygens (including phenoxy) is 1. The smallest absolute Gasteiger partial charge is 0.305 e. The van der Waals surface area contributed by atoms with Crippen LogP contribution in [0.5, 0.6) is 0 Å². The van der Waals surface area contributed by atoms with Gasteiger partial charge in [0.25, 0.3) is 0 Å². The first-order valence-corrected chi connectivity index (χ1v) is 7.15. The van der Waals surface area contributed by atoms with E-state index in [1.165, 1.54) is 0 Å². The minimum absolute atomic E-state index is 0.0924. The summed E-state index contributed by atoms with van der Waals surface area (Å²) >= 11 is 0. The molecule has 0 bridgehead atoms. The van der Waals surface area contributed by atoms with Gasteiger partial charge in [0.15, 0.2) is 0 Å². The van der Waals surface area contributed by atoms with Crippen LogP contribution in [0.15, 0.2) is 0 Å². The van der Waals surface area contributed by atoms with E-state index in [0.717, 1.165) is 51.4 Å². The number of aliphatic hydroxyl groups is 1. The molecule has 0 saturated heterocycles. The highest BCUT2D eigenvalue weighted by atomic mass is 16.5. The molecule has 0 heterocycles. The lowest BCUT2D eigenvalue weighted by Crippen LogP contribution is -2.07. The van der Waals surface area contributed by atoms with Crippen LogP contribution in [0.25, 0.3) is 0 Å². The fourth-order valence-corrected chi connectivity index (χ4v) is 1.84. The highest BCUT2D eigenvalue weighted by Gasteiger charge is 2.01. The molecule has 0 aromatic carbocycles. The second kappa shape index (κ2) is 13.3. The molecule has 0 aromatic rings. The number of hydrogen-bond acceptors (Lipinski definition) is 4. The van der Waals surface area contributed by atoms with E-state index < -0.39 is 5.97 Å². The standard InChI is InChI=1S/C14H26O5/c15-11-12-19-14(18)10-8-6-4-2-1-3-5-7-9-13(16)17/h15H,1-12H2,(H,16,17). The highest BCUT2D eigenvalue weighted by Crippen LogP contribution is 2.10.